The molecule has 1 aliphatic heterocycles. The number of carbonyl (C=O) groups excluding carboxylic acids is 3. The molecule has 13 nitrogen and oxygen atoms in total. The zero-order valence-electron chi connectivity index (χ0n) is 18.3. The molecule has 182 valence electrons. The maximum atomic E-state index is 12.9. The van der Waals surface area contributed by atoms with Crippen molar-refractivity contribution in [3.05, 3.63) is 0 Å². The van der Waals surface area contributed by atoms with Crippen molar-refractivity contribution < 1.29 is 24.3 Å². The number of guanidine groups is 1. The molecule has 0 bridgehead atoms. The van der Waals surface area contributed by atoms with E-state index in [0.717, 1.165) is 0 Å². The number of carboxylic acids is 1. The first-order valence-electron chi connectivity index (χ1n) is 10.8. The summed E-state index contributed by atoms with van der Waals surface area (Å²) in [7, 11) is 0. The van der Waals surface area contributed by atoms with E-state index >= 15 is 0 Å². The standard InChI is InChI=1S/C19H36N8O5/c20-8-2-1-6-13(17(30)27-10-4-7-14(27)18(31)32)26-15(28)11-25-16(29)12(21)5-3-9-24-19(22)23/h12-14H,1-11,20-21H2,(H,25,29)(H,26,28)(H,31,32)(H4,22,23,24). The Morgan fingerprint density at radius 2 is 1.84 bits per heavy atom. The van der Waals surface area contributed by atoms with Crippen LogP contribution in [0.4, 0.5) is 0 Å². The van der Waals surface area contributed by atoms with Crippen molar-refractivity contribution in [3.63, 3.8) is 0 Å². The molecule has 1 aliphatic rings. The summed E-state index contributed by atoms with van der Waals surface area (Å²) in [5.41, 5.74) is 21.7. The lowest BCUT2D eigenvalue weighted by molar-refractivity contribution is -0.149. The van der Waals surface area contributed by atoms with E-state index < -0.39 is 41.8 Å². The molecule has 3 atom stereocenters. The van der Waals surface area contributed by atoms with Crippen LogP contribution >= 0.6 is 0 Å². The van der Waals surface area contributed by atoms with Gasteiger partial charge in [0.2, 0.25) is 17.7 Å². The molecule has 3 unspecified atom stereocenters. The first-order valence-corrected chi connectivity index (χ1v) is 10.8. The normalized spacial score (nSPS) is 17.3. The number of likely N-dealkylation sites (tertiary alicyclic amines) is 1. The maximum Gasteiger partial charge on any atom is 0.326 e. The quantitative estimate of drug-likeness (QED) is 0.0809. The number of aliphatic imine (C=N–C) groups is 1. The van der Waals surface area contributed by atoms with Gasteiger partial charge in [0.05, 0.1) is 12.6 Å². The molecule has 32 heavy (non-hydrogen) atoms. The van der Waals surface area contributed by atoms with E-state index in [1.54, 1.807) is 0 Å². The van der Waals surface area contributed by atoms with Gasteiger partial charge in [-0.15, -0.1) is 0 Å². The Balaban J connectivity index is 2.58. The van der Waals surface area contributed by atoms with E-state index in [1.807, 2.05) is 0 Å². The van der Waals surface area contributed by atoms with Crippen LogP contribution in [-0.4, -0.2) is 84.0 Å². The number of unbranched alkanes of at least 4 members (excludes halogenated alkanes) is 1. The summed E-state index contributed by atoms with van der Waals surface area (Å²) in [4.78, 5) is 53.9. The van der Waals surface area contributed by atoms with E-state index in [9.17, 15) is 24.3 Å². The summed E-state index contributed by atoms with van der Waals surface area (Å²) in [6, 6.07) is -2.62. The van der Waals surface area contributed by atoms with Crippen LogP contribution in [0.3, 0.4) is 0 Å². The van der Waals surface area contributed by atoms with Crippen LogP contribution in [0.15, 0.2) is 4.99 Å². The molecule has 3 amide bonds. The minimum absolute atomic E-state index is 0.0427. The molecule has 0 aliphatic carbocycles. The highest BCUT2D eigenvalue weighted by Gasteiger charge is 2.37. The van der Waals surface area contributed by atoms with E-state index in [-0.39, 0.29) is 12.5 Å². The second-order valence-electron chi connectivity index (χ2n) is 7.71. The fraction of sp³-hybridized carbons (Fsp3) is 0.737. The fourth-order valence-corrected chi connectivity index (χ4v) is 3.43. The molecule has 0 spiro atoms. The van der Waals surface area contributed by atoms with Gasteiger partial charge < -0.3 is 43.6 Å². The smallest absolute Gasteiger partial charge is 0.326 e. The van der Waals surface area contributed by atoms with Crippen LogP contribution in [0.5, 0.6) is 0 Å². The van der Waals surface area contributed by atoms with Crippen molar-refractivity contribution in [2.75, 3.05) is 26.2 Å². The topological polar surface area (TPSA) is 232 Å². The minimum atomic E-state index is -1.07. The molecule has 0 aromatic carbocycles. The van der Waals surface area contributed by atoms with E-state index in [2.05, 4.69) is 15.6 Å². The van der Waals surface area contributed by atoms with Gasteiger partial charge in [0.15, 0.2) is 5.96 Å². The van der Waals surface area contributed by atoms with Crippen molar-refractivity contribution in [2.45, 2.75) is 63.1 Å². The van der Waals surface area contributed by atoms with Crippen LogP contribution in [0.1, 0.15) is 44.9 Å². The Kier molecular flexibility index (Phi) is 12.0. The molecular weight excluding hydrogens is 420 g/mol. The largest absolute Gasteiger partial charge is 0.480 e. The third kappa shape index (κ3) is 9.47. The van der Waals surface area contributed by atoms with Crippen LogP contribution < -0.4 is 33.6 Å². The van der Waals surface area contributed by atoms with Gasteiger partial charge in [-0.05, 0) is 51.5 Å². The molecule has 11 N–H and O–H groups in total. The Hall–Kier alpha value is -2.93. The van der Waals surface area contributed by atoms with Crippen molar-refractivity contribution in [2.24, 2.45) is 27.9 Å². The maximum absolute atomic E-state index is 12.9. The van der Waals surface area contributed by atoms with Gasteiger partial charge in [0.1, 0.15) is 12.1 Å². The predicted molar refractivity (Wildman–Crippen MR) is 118 cm³/mol. The number of hydrogen-bond donors (Lipinski definition) is 7. The summed E-state index contributed by atoms with van der Waals surface area (Å²) in [5.74, 6) is -2.63. The number of aliphatic carboxylic acids is 1. The average molecular weight is 457 g/mol. The Morgan fingerprint density at radius 1 is 1.12 bits per heavy atom. The predicted octanol–water partition coefficient (Wildman–Crippen LogP) is -2.83. The van der Waals surface area contributed by atoms with Crippen molar-refractivity contribution in [1.82, 2.24) is 15.5 Å². The molecular formula is C19H36N8O5. The van der Waals surface area contributed by atoms with Crippen LogP contribution in [-0.2, 0) is 19.2 Å². The zero-order chi connectivity index (χ0) is 24.1. The summed E-state index contributed by atoms with van der Waals surface area (Å²) in [5, 5.41) is 14.4. The number of hydrogen-bond acceptors (Lipinski definition) is 7. The molecule has 0 aromatic heterocycles. The Morgan fingerprint density at radius 3 is 2.47 bits per heavy atom. The molecule has 13 heteroatoms. The van der Waals surface area contributed by atoms with E-state index in [1.165, 1.54) is 4.90 Å². The average Bonchev–Trinajstić information content (AvgIpc) is 3.24. The Labute approximate surface area is 187 Å². The monoisotopic (exact) mass is 456 g/mol. The number of rotatable bonds is 14. The van der Waals surface area contributed by atoms with Gasteiger partial charge in [0.25, 0.3) is 0 Å². The number of carboxylic acid groups (broad SMARTS) is 1. The van der Waals surface area contributed by atoms with Gasteiger partial charge in [-0.25, -0.2) is 4.79 Å². The molecule has 1 fully saturated rings. The first-order chi connectivity index (χ1) is 15.2. The highest BCUT2D eigenvalue weighted by Crippen LogP contribution is 2.19. The molecule has 0 radical (unpaired) electrons. The zero-order valence-corrected chi connectivity index (χ0v) is 18.3. The van der Waals surface area contributed by atoms with E-state index in [4.69, 9.17) is 22.9 Å². The minimum Gasteiger partial charge on any atom is -0.480 e. The lowest BCUT2D eigenvalue weighted by Crippen LogP contribution is -2.53. The van der Waals surface area contributed by atoms with Gasteiger partial charge in [-0.1, -0.05) is 0 Å². The molecule has 1 rings (SSSR count). The molecule has 0 aromatic rings. The summed E-state index contributed by atoms with van der Waals surface area (Å²) in [6.07, 6.45) is 3.36. The van der Waals surface area contributed by atoms with Crippen LogP contribution in [0.25, 0.3) is 0 Å². The summed E-state index contributed by atoms with van der Waals surface area (Å²) < 4.78 is 0. The second-order valence-corrected chi connectivity index (χ2v) is 7.71. The van der Waals surface area contributed by atoms with Gasteiger partial charge >= 0.3 is 5.97 Å². The number of nitrogens with two attached hydrogens (primary N) is 4. The number of amides is 3. The van der Waals surface area contributed by atoms with E-state index in [0.29, 0.717) is 64.6 Å². The SMILES string of the molecule is NCCCCC(NC(=O)CNC(=O)C(N)CCCN=C(N)N)C(=O)N1CCCC1C(=O)O. The summed E-state index contributed by atoms with van der Waals surface area (Å²) >= 11 is 0. The Bertz CT molecular complexity index is 683. The third-order valence-electron chi connectivity index (χ3n) is 5.13. The molecule has 1 saturated heterocycles. The highest BCUT2D eigenvalue weighted by molar-refractivity contribution is 5.92. The van der Waals surface area contributed by atoms with Gasteiger partial charge in [-0.2, -0.15) is 0 Å². The number of nitrogens with zero attached hydrogens (tertiary/aromatic N) is 2. The third-order valence-corrected chi connectivity index (χ3v) is 5.13. The second kappa shape index (κ2) is 14.2. The van der Waals surface area contributed by atoms with Gasteiger partial charge in [0, 0.05) is 13.1 Å². The highest BCUT2D eigenvalue weighted by atomic mass is 16.4. The van der Waals surface area contributed by atoms with Crippen molar-refractivity contribution in [1.29, 1.82) is 0 Å². The number of nitrogens with one attached hydrogen (secondary N) is 2. The van der Waals surface area contributed by atoms with Crippen LogP contribution in [0, 0.1) is 0 Å². The number of carbonyl (C=O) groups is 4. The lowest BCUT2D eigenvalue weighted by Gasteiger charge is -2.27. The van der Waals surface area contributed by atoms with Crippen molar-refractivity contribution >= 4 is 29.7 Å². The van der Waals surface area contributed by atoms with Crippen molar-refractivity contribution in [3.8, 4) is 0 Å². The summed E-state index contributed by atoms with van der Waals surface area (Å²) in [6.45, 7) is 0.742. The molecule has 1 heterocycles. The fourth-order valence-electron chi connectivity index (χ4n) is 3.43. The molecule has 0 saturated carbocycles. The van der Waals surface area contributed by atoms with Crippen LogP contribution in [0.2, 0.25) is 0 Å². The lowest BCUT2D eigenvalue weighted by atomic mass is 10.1. The van der Waals surface area contributed by atoms with Gasteiger partial charge in [-0.3, -0.25) is 19.4 Å². The first kappa shape index (κ1) is 27.1.